The first kappa shape index (κ1) is 15.1. The number of methoxy groups -OCH3 is 1. The molecule has 0 rings (SSSR count). The number of carbonyl (C=O) groups excluding carboxylic acids is 1. The first-order valence-electron chi connectivity index (χ1n) is 4.16. The molecular weight excluding hydrogens is 249 g/mol. The van der Waals surface area contributed by atoms with E-state index in [2.05, 4.69) is 4.74 Å². The van der Waals surface area contributed by atoms with E-state index in [1.54, 1.807) is 0 Å². The number of carbonyl (C=O) groups is 2. The van der Waals surface area contributed by atoms with E-state index in [-0.39, 0.29) is 11.8 Å². The lowest BCUT2D eigenvalue weighted by Crippen LogP contribution is -2.38. The van der Waals surface area contributed by atoms with Crippen molar-refractivity contribution < 1.29 is 32.6 Å². The van der Waals surface area contributed by atoms with Crippen LogP contribution in [0.1, 0.15) is 13.3 Å². The van der Waals surface area contributed by atoms with E-state index >= 15 is 0 Å². The maximum atomic E-state index is 11.8. The topological polar surface area (TPSA) is 63.6 Å². The van der Waals surface area contributed by atoms with Crippen LogP contribution in [0.4, 0.5) is 13.2 Å². The number of hydrogen-bond donors (Lipinski definition) is 1. The predicted molar refractivity (Wildman–Crippen MR) is 50.9 cm³/mol. The van der Waals surface area contributed by atoms with Crippen molar-refractivity contribution in [3.63, 3.8) is 0 Å². The molecule has 0 heterocycles. The van der Waals surface area contributed by atoms with Crippen LogP contribution in [0, 0.1) is 5.41 Å². The van der Waals surface area contributed by atoms with Gasteiger partial charge in [-0.2, -0.15) is 13.2 Å². The van der Waals surface area contributed by atoms with Crippen molar-refractivity contribution in [3.8, 4) is 0 Å². The molecule has 0 bridgehead atoms. The SMILES string of the molecule is COC(=O)C(C)(CCSC(F)(F)F)C(=O)O. The summed E-state index contributed by atoms with van der Waals surface area (Å²) in [6, 6.07) is 0. The van der Waals surface area contributed by atoms with Gasteiger partial charge in [0, 0.05) is 5.75 Å². The third-order valence-electron chi connectivity index (χ3n) is 1.98. The smallest absolute Gasteiger partial charge is 0.441 e. The van der Waals surface area contributed by atoms with Crippen LogP contribution in [0.15, 0.2) is 0 Å². The van der Waals surface area contributed by atoms with E-state index in [9.17, 15) is 22.8 Å². The second-order valence-electron chi connectivity index (χ2n) is 3.17. The molecule has 1 atom stereocenters. The Kier molecular flexibility index (Phi) is 5.11. The normalized spacial score (nSPS) is 15.3. The Bertz CT molecular complexity index is 279. The van der Waals surface area contributed by atoms with Gasteiger partial charge < -0.3 is 9.84 Å². The first-order valence-corrected chi connectivity index (χ1v) is 5.14. The molecule has 16 heavy (non-hydrogen) atoms. The van der Waals surface area contributed by atoms with Gasteiger partial charge in [0.1, 0.15) is 0 Å². The molecule has 0 aliphatic carbocycles. The Balaban J connectivity index is 4.48. The standard InChI is InChI=1S/C8H11F3O4S/c1-7(5(12)13,6(14)15-2)3-4-16-8(9,10)11/h3-4H2,1-2H3,(H,12,13). The average molecular weight is 260 g/mol. The lowest BCUT2D eigenvalue weighted by atomic mass is 9.88. The molecule has 1 unspecified atom stereocenters. The molecule has 0 fully saturated rings. The van der Waals surface area contributed by atoms with Crippen molar-refractivity contribution in [2.24, 2.45) is 5.41 Å². The van der Waals surface area contributed by atoms with Crippen molar-refractivity contribution in [1.29, 1.82) is 0 Å². The summed E-state index contributed by atoms with van der Waals surface area (Å²) in [7, 11) is 0.987. The summed E-state index contributed by atoms with van der Waals surface area (Å²) in [6.07, 6.45) is -0.445. The molecule has 8 heteroatoms. The molecule has 0 radical (unpaired) electrons. The molecule has 0 aliphatic heterocycles. The maximum Gasteiger partial charge on any atom is 0.441 e. The Morgan fingerprint density at radius 2 is 1.88 bits per heavy atom. The maximum absolute atomic E-state index is 11.8. The summed E-state index contributed by atoms with van der Waals surface area (Å²) in [5.41, 5.74) is -6.37. The number of esters is 1. The number of thioether (sulfide) groups is 1. The molecule has 0 aliphatic rings. The highest BCUT2D eigenvalue weighted by Crippen LogP contribution is 2.34. The largest absolute Gasteiger partial charge is 0.480 e. The molecule has 4 nitrogen and oxygen atoms in total. The molecule has 94 valence electrons. The minimum Gasteiger partial charge on any atom is -0.480 e. The van der Waals surface area contributed by atoms with Gasteiger partial charge in [0.05, 0.1) is 7.11 Å². The summed E-state index contributed by atoms with van der Waals surface area (Å²) in [4.78, 5) is 21.9. The molecule has 0 saturated carbocycles. The van der Waals surface area contributed by atoms with Gasteiger partial charge in [0.15, 0.2) is 5.41 Å². The summed E-state index contributed by atoms with van der Waals surface area (Å²) < 4.78 is 39.7. The van der Waals surface area contributed by atoms with Crippen LogP contribution in [0.3, 0.4) is 0 Å². The Labute approximate surface area is 94.1 Å². The highest BCUT2D eigenvalue weighted by atomic mass is 32.2. The molecular formula is C8H11F3O4S. The minimum absolute atomic E-state index is 0.365. The number of carboxylic acid groups (broad SMARTS) is 1. The minimum atomic E-state index is -4.43. The Hall–Kier alpha value is -0.920. The highest BCUT2D eigenvalue weighted by molar-refractivity contribution is 8.00. The van der Waals surface area contributed by atoms with Crippen LogP contribution >= 0.6 is 11.8 Å². The molecule has 1 N–H and O–H groups in total. The number of hydrogen-bond acceptors (Lipinski definition) is 4. The molecule has 0 spiro atoms. The third-order valence-corrected chi connectivity index (χ3v) is 2.71. The summed E-state index contributed by atoms with van der Waals surface area (Å²) in [5, 5.41) is 8.77. The second kappa shape index (κ2) is 5.42. The van der Waals surface area contributed by atoms with E-state index in [1.807, 2.05) is 0 Å². The molecule has 0 saturated heterocycles. The number of halogens is 3. The lowest BCUT2D eigenvalue weighted by molar-refractivity contribution is -0.165. The number of ether oxygens (including phenoxy) is 1. The lowest BCUT2D eigenvalue weighted by Gasteiger charge is -2.21. The van der Waals surface area contributed by atoms with E-state index in [0.717, 1.165) is 14.0 Å². The van der Waals surface area contributed by atoms with E-state index < -0.39 is 35.0 Å². The van der Waals surface area contributed by atoms with Crippen molar-refractivity contribution in [2.45, 2.75) is 18.9 Å². The van der Waals surface area contributed by atoms with Gasteiger partial charge in [0.25, 0.3) is 0 Å². The predicted octanol–water partition coefficient (Wildman–Crippen LogP) is 1.89. The fourth-order valence-corrected chi connectivity index (χ4v) is 1.63. The van der Waals surface area contributed by atoms with Crippen molar-refractivity contribution >= 4 is 23.7 Å². The monoisotopic (exact) mass is 260 g/mol. The van der Waals surface area contributed by atoms with Crippen molar-refractivity contribution in [3.05, 3.63) is 0 Å². The van der Waals surface area contributed by atoms with Crippen LogP contribution in [0.25, 0.3) is 0 Å². The molecule has 0 aromatic heterocycles. The zero-order chi connectivity index (χ0) is 13.0. The highest BCUT2D eigenvalue weighted by Gasteiger charge is 2.43. The van der Waals surface area contributed by atoms with Crippen LogP contribution in [0.2, 0.25) is 0 Å². The second-order valence-corrected chi connectivity index (χ2v) is 4.33. The fourth-order valence-electron chi connectivity index (χ4n) is 0.892. The molecule has 0 aromatic rings. The summed E-state index contributed by atoms with van der Waals surface area (Å²) in [5.74, 6) is -3.06. The van der Waals surface area contributed by atoms with E-state index in [4.69, 9.17) is 5.11 Å². The number of alkyl halides is 3. The van der Waals surface area contributed by atoms with Crippen molar-refractivity contribution in [2.75, 3.05) is 12.9 Å². The van der Waals surface area contributed by atoms with E-state index in [1.165, 1.54) is 0 Å². The third kappa shape index (κ3) is 4.30. The Morgan fingerprint density at radius 3 is 2.19 bits per heavy atom. The van der Waals surface area contributed by atoms with Gasteiger partial charge in [-0.05, 0) is 13.3 Å². The van der Waals surface area contributed by atoms with Crippen LogP contribution < -0.4 is 0 Å². The first-order chi connectivity index (χ1) is 7.13. The van der Waals surface area contributed by atoms with Crippen LogP contribution in [-0.4, -0.2) is 35.4 Å². The van der Waals surface area contributed by atoms with Crippen molar-refractivity contribution in [1.82, 2.24) is 0 Å². The van der Waals surface area contributed by atoms with Gasteiger partial charge >= 0.3 is 17.4 Å². The quantitative estimate of drug-likeness (QED) is 0.604. The summed E-state index contributed by atoms with van der Waals surface area (Å²) >= 11 is -0.365. The van der Waals surface area contributed by atoms with E-state index in [0.29, 0.717) is 0 Å². The Morgan fingerprint density at radius 1 is 1.38 bits per heavy atom. The number of carboxylic acids is 1. The zero-order valence-electron chi connectivity index (χ0n) is 8.63. The fraction of sp³-hybridized carbons (Fsp3) is 0.750. The molecule has 0 aromatic carbocycles. The van der Waals surface area contributed by atoms with Crippen LogP contribution in [0.5, 0.6) is 0 Å². The van der Waals surface area contributed by atoms with Gasteiger partial charge in [-0.15, -0.1) is 0 Å². The van der Waals surface area contributed by atoms with Gasteiger partial charge in [0.2, 0.25) is 0 Å². The summed E-state index contributed by atoms with van der Waals surface area (Å²) in [6.45, 7) is 1.04. The average Bonchev–Trinajstić information content (AvgIpc) is 2.13. The van der Waals surface area contributed by atoms with Gasteiger partial charge in [-0.1, -0.05) is 11.8 Å². The number of aliphatic carboxylic acids is 1. The zero-order valence-corrected chi connectivity index (χ0v) is 9.44. The molecule has 0 amide bonds. The van der Waals surface area contributed by atoms with Gasteiger partial charge in [-0.25, -0.2) is 0 Å². The van der Waals surface area contributed by atoms with Gasteiger partial charge in [-0.3, -0.25) is 9.59 Å². The van der Waals surface area contributed by atoms with Crippen LogP contribution in [-0.2, 0) is 14.3 Å². The number of rotatable bonds is 5.